The maximum atomic E-state index is 13.8. The third-order valence-electron chi connectivity index (χ3n) is 3.10. The van der Waals surface area contributed by atoms with Gasteiger partial charge in [-0.25, -0.2) is 4.39 Å². The van der Waals surface area contributed by atoms with Crippen LogP contribution in [-0.2, 0) is 0 Å². The molecular weight excluding hydrogens is 394 g/mol. The number of aromatic nitrogens is 2. The number of aromatic amines is 1. The molecule has 2 heterocycles. The van der Waals surface area contributed by atoms with Gasteiger partial charge in [0.25, 0.3) is 0 Å². The van der Waals surface area contributed by atoms with Gasteiger partial charge in [0, 0.05) is 10.9 Å². The summed E-state index contributed by atoms with van der Waals surface area (Å²) >= 11 is 9.04. The van der Waals surface area contributed by atoms with E-state index in [9.17, 15) is 4.39 Å². The summed E-state index contributed by atoms with van der Waals surface area (Å²) < 4.78 is 17.0. The Morgan fingerprint density at radius 1 is 1.47 bits per heavy atom. The monoisotopic (exact) mass is 404 g/mol. The van der Waals surface area contributed by atoms with Gasteiger partial charge in [-0.3, -0.25) is 0 Å². The summed E-state index contributed by atoms with van der Waals surface area (Å²) in [7, 11) is 0. The van der Waals surface area contributed by atoms with Gasteiger partial charge in [0.15, 0.2) is 4.77 Å². The SMILES string of the molecule is CC(c1cccs1)n1c(=S)[nH]c2cc(I)c(F)cc21. The van der Waals surface area contributed by atoms with Crippen LogP contribution in [0.25, 0.3) is 11.0 Å². The van der Waals surface area contributed by atoms with Gasteiger partial charge in [-0.1, -0.05) is 6.07 Å². The zero-order chi connectivity index (χ0) is 13.6. The fourth-order valence-electron chi connectivity index (χ4n) is 2.16. The Kier molecular flexibility index (Phi) is 3.48. The number of nitrogens with one attached hydrogen (secondary N) is 1. The third-order valence-corrected chi connectivity index (χ3v) is 5.27. The van der Waals surface area contributed by atoms with Crippen molar-refractivity contribution in [3.8, 4) is 0 Å². The fraction of sp³-hybridized carbons (Fsp3) is 0.154. The molecule has 1 N–H and O–H groups in total. The lowest BCUT2D eigenvalue weighted by atomic mass is 10.2. The molecule has 0 radical (unpaired) electrons. The van der Waals surface area contributed by atoms with Crippen molar-refractivity contribution in [2.24, 2.45) is 0 Å². The largest absolute Gasteiger partial charge is 0.331 e. The molecule has 1 unspecified atom stereocenters. The minimum absolute atomic E-state index is 0.0979. The molecule has 0 saturated carbocycles. The summed E-state index contributed by atoms with van der Waals surface area (Å²) in [6, 6.07) is 7.52. The number of imidazole rings is 1. The normalized spacial score (nSPS) is 13.0. The number of halogens is 2. The van der Waals surface area contributed by atoms with Crippen molar-refractivity contribution in [3.63, 3.8) is 0 Å². The molecule has 19 heavy (non-hydrogen) atoms. The Hall–Kier alpha value is -0.730. The first-order chi connectivity index (χ1) is 9.08. The van der Waals surface area contributed by atoms with Crippen LogP contribution in [0.15, 0.2) is 29.6 Å². The number of hydrogen-bond donors (Lipinski definition) is 1. The highest BCUT2D eigenvalue weighted by atomic mass is 127. The summed E-state index contributed by atoms with van der Waals surface area (Å²) in [5.41, 5.74) is 1.68. The molecule has 98 valence electrons. The van der Waals surface area contributed by atoms with Crippen molar-refractivity contribution in [3.05, 3.63) is 48.7 Å². The van der Waals surface area contributed by atoms with E-state index >= 15 is 0 Å². The molecule has 2 aromatic heterocycles. The molecule has 3 aromatic rings. The van der Waals surface area contributed by atoms with Crippen LogP contribution >= 0.6 is 46.1 Å². The number of nitrogens with zero attached hydrogens (tertiary/aromatic N) is 1. The molecule has 3 rings (SSSR count). The van der Waals surface area contributed by atoms with Gasteiger partial charge in [0.05, 0.1) is 20.6 Å². The maximum absolute atomic E-state index is 13.8. The van der Waals surface area contributed by atoms with Crippen LogP contribution in [0.3, 0.4) is 0 Å². The molecule has 1 atom stereocenters. The van der Waals surface area contributed by atoms with Crippen molar-refractivity contribution < 1.29 is 4.39 Å². The highest BCUT2D eigenvalue weighted by Gasteiger charge is 2.15. The zero-order valence-electron chi connectivity index (χ0n) is 9.98. The van der Waals surface area contributed by atoms with E-state index in [0.717, 1.165) is 11.0 Å². The number of fused-ring (bicyclic) bond motifs is 1. The second-order valence-electron chi connectivity index (χ2n) is 4.28. The van der Waals surface area contributed by atoms with E-state index in [2.05, 4.69) is 18.0 Å². The molecule has 2 nitrogen and oxygen atoms in total. The van der Waals surface area contributed by atoms with Crippen molar-refractivity contribution >= 4 is 57.2 Å². The van der Waals surface area contributed by atoms with Gasteiger partial charge in [0.2, 0.25) is 0 Å². The topological polar surface area (TPSA) is 20.7 Å². The van der Waals surface area contributed by atoms with E-state index in [-0.39, 0.29) is 11.9 Å². The van der Waals surface area contributed by atoms with E-state index in [1.165, 1.54) is 4.88 Å². The standard InChI is InChI=1S/C13H10FIN2S2/c1-7(12-3-2-4-19-12)17-11-5-8(14)9(15)6-10(11)16-13(17)18/h2-7H,1H3,(H,16,18). The molecular formula is C13H10FIN2S2. The second kappa shape index (κ2) is 4.99. The van der Waals surface area contributed by atoms with Crippen LogP contribution in [-0.4, -0.2) is 9.55 Å². The predicted octanol–water partition coefficient (Wildman–Crippen LogP) is 5.11. The van der Waals surface area contributed by atoms with Crippen molar-refractivity contribution in [1.29, 1.82) is 0 Å². The van der Waals surface area contributed by atoms with Crippen molar-refractivity contribution in [1.82, 2.24) is 9.55 Å². The summed E-state index contributed by atoms with van der Waals surface area (Å²) in [4.78, 5) is 4.35. The number of hydrogen-bond acceptors (Lipinski definition) is 2. The molecule has 0 amide bonds. The molecule has 0 spiro atoms. The van der Waals surface area contributed by atoms with Crippen LogP contribution in [0.4, 0.5) is 4.39 Å². The minimum Gasteiger partial charge on any atom is -0.331 e. The summed E-state index contributed by atoms with van der Waals surface area (Å²) in [6.45, 7) is 2.07. The van der Waals surface area contributed by atoms with Crippen molar-refractivity contribution in [2.45, 2.75) is 13.0 Å². The van der Waals surface area contributed by atoms with Crippen molar-refractivity contribution in [2.75, 3.05) is 0 Å². The predicted molar refractivity (Wildman–Crippen MR) is 87.9 cm³/mol. The van der Waals surface area contributed by atoms with E-state index < -0.39 is 0 Å². The van der Waals surface area contributed by atoms with E-state index in [4.69, 9.17) is 12.2 Å². The Balaban J connectivity index is 2.26. The Morgan fingerprint density at radius 2 is 2.26 bits per heavy atom. The minimum atomic E-state index is -0.214. The average Bonchev–Trinajstić information content (AvgIpc) is 2.97. The van der Waals surface area contributed by atoms with Gasteiger partial charge in [-0.05, 0) is 59.2 Å². The van der Waals surface area contributed by atoms with E-state index in [0.29, 0.717) is 8.34 Å². The van der Waals surface area contributed by atoms with Crippen LogP contribution < -0.4 is 0 Å². The van der Waals surface area contributed by atoms with Crippen LogP contribution in [0.1, 0.15) is 17.8 Å². The zero-order valence-corrected chi connectivity index (χ0v) is 13.8. The molecule has 0 saturated heterocycles. The maximum Gasteiger partial charge on any atom is 0.178 e. The molecule has 0 fully saturated rings. The summed E-state index contributed by atoms with van der Waals surface area (Å²) in [5, 5.41) is 2.04. The van der Waals surface area contributed by atoms with Crippen LogP contribution in [0.2, 0.25) is 0 Å². The highest BCUT2D eigenvalue weighted by molar-refractivity contribution is 14.1. The molecule has 0 aliphatic heterocycles. The quantitative estimate of drug-likeness (QED) is 0.465. The molecule has 0 bridgehead atoms. The fourth-order valence-corrected chi connectivity index (χ4v) is 3.77. The van der Waals surface area contributed by atoms with Gasteiger partial charge >= 0.3 is 0 Å². The molecule has 1 aromatic carbocycles. The highest BCUT2D eigenvalue weighted by Crippen LogP contribution is 2.28. The van der Waals surface area contributed by atoms with Gasteiger partial charge in [0.1, 0.15) is 5.82 Å². The lowest BCUT2D eigenvalue weighted by Crippen LogP contribution is -2.05. The lowest BCUT2D eigenvalue weighted by Gasteiger charge is -2.13. The first-order valence-electron chi connectivity index (χ1n) is 5.70. The van der Waals surface area contributed by atoms with Gasteiger partial charge in [-0.15, -0.1) is 11.3 Å². The first-order valence-corrected chi connectivity index (χ1v) is 8.07. The van der Waals surface area contributed by atoms with E-state index in [1.54, 1.807) is 23.5 Å². The van der Waals surface area contributed by atoms with Crippen LogP contribution in [0, 0.1) is 14.2 Å². The summed E-state index contributed by atoms with van der Waals surface area (Å²) in [5.74, 6) is -0.214. The lowest BCUT2D eigenvalue weighted by molar-refractivity contribution is 0.617. The number of rotatable bonds is 2. The third kappa shape index (κ3) is 2.25. The Labute approximate surface area is 132 Å². The van der Waals surface area contributed by atoms with Gasteiger partial charge < -0.3 is 9.55 Å². The van der Waals surface area contributed by atoms with E-state index in [1.807, 2.05) is 38.6 Å². The molecule has 0 aliphatic rings. The summed E-state index contributed by atoms with van der Waals surface area (Å²) in [6.07, 6.45) is 0. The number of H-pyrrole nitrogens is 1. The van der Waals surface area contributed by atoms with Crippen LogP contribution in [0.5, 0.6) is 0 Å². The van der Waals surface area contributed by atoms with Gasteiger partial charge in [-0.2, -0.15) is 0 Å². The number of thiophene rings is 1. The molecule has 0 aliphatic carbocycles. The second-order valence-corrected chi connectivity index (χ2v) is 6.80. The Bertz CT molecular complexity index is 789. The number of benzene rings is 1. The Morgan fingerprint density at radius 3 is 2.95 bits per heavy atom. The smallest absolute Gasteiger partial charge is 0.178 e. The average molecular weight is 404 g/mol. The first kappa shape index (κ1) is 13.3. The molecule has 6 heteroatoms.